The summed E-state index contributed by atoms with van der Waals surface area (Å²) in [6.45, 7) is 1.95. The first-order chi connectivity index (χ1) is 14.0. The first kappa shape index (κ1) is 18.2. The highest BCUT2D eigenvalue weighted by Gasteiger charge is 2.53. The number of rotatable bonds is 3. The number of nitrogens with zero attached hydrogens (tertiary/aromatic N) is 1. The summed E-state index contributed by atoms with van der Waals surface area (Å²) in [6, 6.07) is 12.2. The van der Waals surface area contributed by atoms with Crippen molar-refractivity contribution in [2.24, 2.45) is 0 Å². The summed E-state index contributed by atoms with van der Waals surface area (Å²) in [6.07, 6.45) is 1.21. The van der Waals surface area contributed by atoms with E-state index < -0.39 is 17.6 Å². The molecule has 2 saturated heterocycles. The lowest BCUT2D eigenvalue weighted by atomic mass is 10.0. The molecule has 0 N–H and O–H groups in total. The van der Waals surface area contributed by atoms with E-state index in [1.165, 1.54) is 6.07 Å². The number of benzene rings is 2. The van der Waals surface area contributed by atoms with Gasteiger partial charge in [0, 0.05) is 29.2 Å². The number of carbonyl (C=O) groups excluding carboxylic acids is 2. The summed E-state index contributed by atoms with van der Waals surface area (Å²) in [4.78, 5) is 38.4. The minimum absolute atomic E-state index is 0.00347. The van der Waals surface area contributed by atoms with Crippen molar-refractivity contribution in [1.82, 2.24) is 4.90 Å². The molecule has 2 aromatic carbocycles. The molecule has 148 valence electrons. The Hall–Kier alpha value is -2.80. The van der Waals surface area contributed by atoms with E-state index in [1.807, 2.05) is 37.3 Å². The minimum atomic E-state index is -0.580. The van der Waals surface area contributed by atoms with E-state index in [0.29, 0.717) is 23.3 Å². The average molecular weight is 409 g/mol. The zero-order chi connectivity index (χ0) is 20.2. The smallest absolute Gasteiger partial charge is 0.336 e. The van der Waals surface area contributed by atoms with Gasteiger partial charge >= 0.3 is 11.6 Å². The maximum atomic E-state index is 12.8. The van der Waals surface area contributed by atoms with E-state index in [2.05, 4.69) is 0 Å². The molecule has 0 aliphatic carbocycles. The molecule has 1 amide bonds. The Bertz CT molecular complexity index is 1220. The number of thioether (sulfide) groups is 1. The van der Waals surface area contributed by atoms with E-state index in [1.54, 1.807) is 22.7 Å². The lowest BCUT2D eigenvalue weighted by molar-refractivity contribution is -0.154. The van der Waals surface area contributed by atoms with Crippen LogP contribution < -0.4 is 5.63 Å². The van der Waals surface area contributed by atoms with Crippen LogP contribution in [0.1, 0.15) is 25.3 Å². The third kappa shape index (κ3) is 2.92. The molecule has 0 spiro atoms. The second kappa shape index (κ2) is 6.62. The largest absolute Gasteiger partial charge is 0.459 e. The van der Waals surface area contributed by atoms with Crippen molar-refractivity contribution in [3.8, 4) is 0 Å². The predicted octanol–water partition coefficient (Wildman–Crippen LogP) is 3.44. The summed E-state index contributed by atoms with van der Waals surface area (Å²) in [5, 5.41) is 2.70. The molecule has 1 aromatic heterocycles. The third-order valence-electron chi connectivity index (χ3n) is 5.80. The standard InChI is InChI=1S/C22H19NO5S/c1-22-9-8-18(24)23(22)16(12-29-22)21(26)27-11-14-10-19(25)28-17-7-6-13-4-2-3-5-15(13)20(14)17/h2-7,10,16H,8-9,11-12H2,1H3/t16-,22+/m1/s1. The van der Waals surface area contributed by atoms with Crippen molar-refractivity contribution in [3.63, 3.8) is 0 Å². The van der Waals surface area contributed by atoms with E-state index >= 15 is 0 Å². The fourth-order valence-corrected chi connectivity index (χ4v) is 5.79. The van der Waals surface area contributed by atoms with Crippen molar-refractivity contribution < 1.29 is 18.7 Å². The Balaban J connectivity index is 1.47. The van der Waals surface area contributed by atoms with Gasteiger partial charge in [0.15, 0.2) is 0 Å². The number of hydrogen-bond acceptors (Lipinski definition) is 6. The fourth-order valence-electron chi connectivity index (χ4n) is 4.37. The topological polar surface area (TPSA) is 76.8 Å². The summed E-state index contributed by atoms with van der Waals surface area (Å²) < 4.78 is 10.9. The maximum absolute atomic E-state index is 12.8. The molecule has 0 unspecified atom stereocenters. The Kier molecular flexibility index (Phi) is 4.17. The first-order valence-corrected chi connectivity index (χ1v) is 10.5. The molecule has 3 heterocycles. The van der Waals surface area contributed by atoms with Crippen LogP contribution in [-0.2, 0) is 20.9 Å². The molecule has 0 radical (unpaired) electrons. The Morgan fingerprint density at radius 2 is 2.10 bits per heavy atom. The highest BCUT2D eigenvalue weighted by molar-refractivity contribution is 8.01. The van der Waals surface area contributed by atoms with Gasteiger partial charge in [-0.25, -0.2) is 9.59 Å². The van der Waals surface area contributed by atoms with Gasteiger partial charge in [-0.3, -0.25) is 4.79 Å². The van der Waals surface area contributed by atoms with Crippen molar-refractivity contribution >= 4 is 45.4 Å². The van der Waals surface area contributed by atoms with E-state index in [4.69, 9.17) is 9.15 Å². The molecule has 2 aliphatic rings. The molecule has 7 heteroatoms. The minimum Gasteiger partial charge on any atom is -0.459 e. The molecule has 3 aromatic rings. The van der Waals surface area contributed by atoms with Gasteiger partial charge in [-0.2, -0.15) is 0 Å². The monoisotopic (exact) mass is 409 g/mol. The Morgan fingerprint density at radius 3 is 2.97 bits per heavy atom. The molecule has 29 heavy (non-hydrogen) atoms. The maximum Gasteiger partial charge on any atom is 0.336 e. The van der Waals surface area contributed by atoms with Crippen LogP contribution in [0.4, 0.5) is 0 Å². The second-order valence-corrected chi connectivity index (χ2v) is 9.13. The lowest BCUT2D eigenvalue weighted by Crippen LogP contribution is -2.46. The molecule has 2 atom stereocenters. The molecule has 2 aliphatic heterocycles. The fraction of sp³-hybridized carbons (Fsp3) is 0.318. The second-order valence-electron chi connectivity index (χ2n) is 7.62. The van der Waals surface area contributed by atoms with E-state index in [-0.39, 0.29) is 17.4 Å². The summed E-state index contributed by atoms with van der Waals surface area (Å²) in [7, 11) is 0. The highest BCUT2D eigenvalue weighted by Crippen LogP contribution is 2.47. The van der Waals surface area contributed by atoms with Crippen molar-refractivity contribution in [1.29, 1.82) is 0 Å². The van der Waals surface area contributed by atoms with Crippen LogP contribution in [-0.4, -0.2) is 33.4 Å². The summed E-state index contributed by atoms with van der Waals surface area (Å²) >= 11 is 1.62. The molecule has 2 fully saturated rings. The molecule has 6 nitrogen and oxygen atoms in total. The highest BCUT2D eigenvalue weighted by atomic mass is 32.2. The van der Waals surface area contributed by atoms with Gasteiger partial charge in [0.2, 0.25) is 5.91 Å². The molecule has 5 rings (SSSR count). The van der Waals surface area contributed by atoms with Crippen LogP contribution in [0, 0.1) is 0 Å². The van der Waals surface area contributed by atoms with Gasteiger partial charge in [-0.05, 0) is 30.2 Å². The third-order valence-corrected chi connectivity index (χ3v) is 7.31. The lowest BCUT2D eigenvalue weighted by Gasteiger charge is -2.29. The Morgan fingerprint density at radius 1 is 1.28 bits per heavy atom. The van der Waals surface area contributed by atoms with Gasteiger partial charge in [-0.15, -0.1) is 11.8 Å². The number of ether oxygens (including phenoxy) is 1. The van der Waals surface area contributed by atoms with Crippen LogP contribution in [0.3, 0.4) is 0 Å². The molecular formula is C22H19NO5S. The molecule has 0 bridgehead atoms. The van der Waals surface area contributed by atoms with Crippen molar-refractivity contribution in [2.45, 2.75) is 37.3 Å². The van der Waals surface area contributed by atoms with Gasteiger partial charge in [0.05, 0.1) is 4.87 Å². The van der Waals surface area contributed by atoms with E-state index in [9.17, 15) is 14.4 Å². The van der Waals surface area contributed by atoms with Crippen LogP contribution in [0.25, 0.3) is 21.7 Å². The van der Waals surface area contributed by atoms with Gasteiger partial charge in [0.1, 0.15) is 18.2 Å². The van der Waals surface area contributed by atoms with Crippen LogP contribution in [0.2, 0.25) is 0 Å². The number of amides is 1. The molecular weight excluding hydrogens is 390 g/mol. The van der Waals surface area contributed by atoms with Crippen LogP contribution in [0.15, 0.2) is 51.7 Å². The number of hydrogen-bond donors (Lipinski definition) is 0. The van der Waals surface area contributed by atoms with Crippen molar-refractivity contribution in [2.75, 3.05) is 5.75 Å². The Labute approximate surface area is 170 Å². The van der Waals surface area contributed by atoms with Gasteiger partial charge in [0.25, 0.3) is 0 Å². The van der Waals surface area contributed by atoms with Crippen LogP contribution >= 0.6 is 11.8 Å². The van der Waals surface area contributed by atoms with Crippen molar-refractivity contribution in [3.05, 3.63) is 58.4 Å². The van der Waals surface area contributed by atoms with E-state index in [0.717, 1.165) is 22.6 Å². The number of carbonyl (C=O) groups is 2. The zero-order valence-corrected chi connectivity index (χ0v) is 16.7. The quantitative estimate of drug-likeness (QED) is 0.375. The summed E-state index contributed by atoms with van der Waals surface area (Å²) in [5.41, 5.74) is 0.570. The van der Waals surface area contributed by atoms with Gasteiger partial charge < -0.3 is 14.1 Å². The summed E-state index contributed by atoms with van der Waals surface area (Å²) in [5.74, 6) is 0.0937. The number of fused-ring (bicyclic) bond motifs is 4. The first-order valence-electron chi connectivity index (χ1n) is 9.53. The predicted molar refractivity (Wildman–Crippen MR) is 111 cm³/mol. The normalized spacial score (nSPS) is 23.7. The zero-order valence-electron chi connectivity index (χ0n) is 15.8. The molecule has 0 saturated carbocycles. The van der Waals surface area contributed by atoms with Gasteiger partial charge in [-0.1, -0.05) is 30.3 Å². The number of esters is 1. The SMILES string of the molecule is C[C@]12CCC(=O)N1[C@@H](C(=O)OCc1cc(=O)oc3ccc4ccccc4c13)CS2. The van der Waals surface area contributed by atoms with Crippen LogP contribution in [0.5, 0.6) is 0 Å². The average Bonchev–Trinajstić information content (AvgIpc) is 3.21.